The van der Waals surface area contributed by atoms with E-state index in [-0.39, 0.29) is 23.4 Å². The smallest absolute Gasteiger partial charge is 0.309 e. The number of aliphatic carboxylic acids is 1. The maximum atomic E-state index is 12.1. The van der Waals surface area contributed by atoms with E-state index in [1.54, 1.807) is 0 Å². The summed E-state index contributed by atoms with van der Waals surface area (Å²) < 4.78 is 0. The molecule has 5 rings (SSSR count). The standard InChI is InChI=1S/C20H30O6/c1-17(2,25-23)12-11-20-9-6-14-18(3,15(20)10-13(12)24-26-20)7-5-8-19(14,4)16(21)22/h11,13-15,23H,5-10H2,1-4H3,(H,21,22). The molecule has 5 aliphatic rings. The van der Waals surface area contributed by atoms with E-state index in [0.717, 1.165) is 44.1 Å². The Morgan fingerprint density at radius 2 is 2.00 bits per heavy atom. The van der Waals surface area contributed by atoms with Crippen LogP contribution in [-0.4, -0.2) is 33.6 Å². The van der Waals surface area contributed by atoms with Gasteiger partial charge in [-0.3, -0.25) is 10.1 Å². The second kappa shape index (κ2) is 5.53. The largest absolute Gasteiger partial charge is 0.481 e. The van der Waals surface area contributed by atoms with Gasteiger partial charge in [-0.2, -0.15) is 0 Å². The third kappa shape index (κ3) is 2.22. The van der Waals surface area contributed by atoms with Gasteiger partial charge in [0.15, 0.2) is 0 Å². The highest BCUT2D eigenvalue weighted by Crippen LogP contribution is 2.67. The van der Waals surface area contributed by atoms with Crippen LogP contribution in [0.2, 0.25) is 0 Å². The summed E-state index contributed by atoms with van der Waals surface area (Å²) in [4.78, 5) is 28.4. The molecule has 2 heterocycles. The van der Waals surface area contributed by atoms with Gasteiger partial charge in [-0.15, -0.1) is 0 Å². The molecule has 146 valence electrons. The van der Waals surface area contributed by atoms with Gasteiger partial charge in [0.2, 0.25) is 0 Å². The molecule has 2 N–H and O–H groups in total. The number of carbonyl (C=O) groups is 1. The van der Waals surface area contributed by atoms with Crippen molar-refractivity contribution in [2.24, 2.45) is 22.7 Å². The fraction of sp³-hybridized carbons (Fsp3) is 0.850. The van der Waals surface area contributed by atoms with Gasteiger partial charge in [-0.1, -0.05) is 13.3 Å². The Morgan fingerprint density at radius 3 is 2.65 bits per heavy atom. The molecule has 0 aromatic heterocycles. The van der Waals surface area contributed by atoms with Crippen molar-refractivity contribution in [1.29, 1.82) is 0 Å². The minimum Gasteiger partial charge on any atom is -0.481 e. The van der Waals surface area contributed by atoms with Gasteiger partial charge in [0.25, 0.3) is 0 Å². The molecular weight excluding hydrogens is 336 g/mol. The summed E-state index contributed by atoms with van der Waals surface area (Å²) in [6.45, 7) is 7.83. The van der Waals surface area contributed by atoms with Gasteiger partial charge in [0.05, 0.1) is 5.41 Å². The van der Waals surface area contributed by atoms with E-state index in [4.69, 9.17) is 14.7 Å². The lowest BCUT2D eigenvalue weighted by atomic mass is 9.43. The predicted molar refractivity (Wildman–Crippen MR) is 93.1 cm³/mol. The third-order valence-corrected chi connectivity index (χ3v) is 8.11. The highest BCUT2D eigenvalue weighted by atomic mass is 17.2. The first-order valence-corrected chi connectivity index (χ1v) is 9.73. The Bertz CT molecular complexity index is 657. The molecule has 6 heteroatoms. The van der Waals surface area contributed by atoms with Crippen molar-refractivity contribution in [3.63, 3.8) is 0 Å². The molecule has 0 radical (unpaired) electrons. The second-order valence-electron chi connectivity index (χ2n) is 9.79. The van der Waals surface area contributed by atoms with Crippen molar-refractivity contribution in [2.45, 2.75) is 83.5 Å². The summed E-state index contributed by atoms with van der Waals surface area (Å²) in [6, 6.07) is 0. The number of hydrogen-bond acceptors (Lipinski definition) is 5. The lowest BCUT2D eigenvalue weighted by Gasteiger charge is -2.65. The van der Waals surface area contributed by atoms with Crippen molar-refractivity contribution in [3.05, 3.63) is 11.6 Å². The average Bonchev–Trinajstić information content (AvgIpc) is 2.61. The number of hydrogen-bond donors (Lipinski definition) is 2. The van der Waals surface area contributed by atoms with Gasteiger partial charge in [0.1, 0.15) is 17.3 Å². The molecule has 2 aliphatic heterocycles. The molecule has 6 atom stereocenters. The van der Waals surface area contributed by atoms with Gasteiger partial charge in [-0.05, 0) is 75.9 Å². The van der Waals surface area contributed by atoms with E-state index in [1.807, 2.05) is 20.8 Å². The zero-order chi connectivity index (χ0) is 19.0. The molecular formula is C20H30O6. The van der Waals surface area contributed by atoms with Crippen LogP contribution in [0.1, 0.15) is 66.2 Å². The predicted octanol–water partition coefficient (Wildman–Crippen LogP) is 3.96. The molecule has 2 saturated carbocycles. The van der Waals surface area contributed by atoms with Crippen molar-refractivity contribution in [1.82, 2.24) is 0 Å². The SMILES string of the molecule is CC(C)(OO)C1=CC23CCC4C(C)(C(=O)O)CCCC4(C)C2CC1OO3. The molecule has 2 bridgehead atoms. The molecule has 6 nitrogen and oxygen atoms in total. The van der Waals surface area contributed by atoms with E-state index >= 15 is 0 Å². The molecule has 1 saturated heterocycles. The van der Waals surface area contributed by atoms with Crippen molar-refractivity contribution in [3.8, 4) is 0 Å². The van der Waals surface area contributed by atoms with E-state index in [2.05, 4.69) is 13.0 Å². The lowest BCUT2D eigenvalue weighted by molar-refractivity contribution is -0.438. The molecule has 0 aromatic carbocycles. The van der Waals surface area contributed by atoms with Gasteiger partial charge in [-0.25, -0.2) is 14.7 Å². The molecule has 3 fully saturated rings. The quantitative estimate of drug-likeness (QED) is 0.447. The van der Waals surface area contributed by atoms with E-state index in [1.165, 1.54) is 0 Å². The summed E-state index contributed by atoms with van der Waals surface area (Å²) in [5.41, 5.74) is -1.24. The normalized spacial score (nSPS) is 47.7. The summed E-state index contributed by atoms with van der Waals surface area (Å²) in [7, 11) is 0. The molecule has 6 unspecified atom stereocenters. The van der Waals surface area contributed by atoms with Crippen LogP contribution in [0.15, 0.2) is 11.6 Å². The lowest BCUT2D eigenvalue weighted by Crippen LogP contribution is -2.65. The van der Waals surface area contributed by atoms with Crippen LogP contribution >= 0.6 is 0 Å². The van der Waals surface area contributed by atoms with E-state index in [9.17, 15) is 15.2 Å². The fourth-order valence-electron chi connectivity index (χ4n) is 6.65. The number of carboxylic acids is 1. The number of rotatable bonds is 3. The first-order chi connectivity index (χ1) is 12.1. The number of carboxylic acid groups (broad SMARTS) is 1. The van der Waals surface area contributed by atoms with Crippen molar-refractivity contribution >= 4 is 5.97 Å². The summed E-state index contributed by atoms with van der Waals surface area (Å²) in [5, 5.41) is 19.3. The Hall–Kier alpha value is -0.950. The monoisotopic (exact) mass is 366 g/mol. The van der Waals surface area contributed by atoms with Crippen LogP contribution in [-0.2, 0) is 19.5 Å². The van der Waals surface area contributed by atoms with Crippen LogP contribution in [0.5, 0.6) is 0 Å². The van der Waals surface area contributed by atoms with Gasteiger partial charge < -0.3 is 5.11 Å². The van der Waals surface area contributed by atoms with E-state index < -0.39 is 22.6 Å². The van der Waals surface area contributed by atoms with Crippen molar-refractivity contribution < 1.29 is 29.8 Å². The van der Waals surface area contributed by atoms with E-state index in [0.29, 0.717) is 0 Å². The fourth-order valence-corrected chi connectivity index (χ4v) is 6.65. The summed E-state index contributed by atoms with van der Waals surface area (Å²) in [5.74, 6) is -0.322. The van der Waals surface area contributed by atoms with Crippen LogP contribution in [0, 0.1) is 22.7 Å². The Morgan fingerprint density at radius 1 is 1.27 bits per heavy atom. The van der Waals surface area contributed by atoms with Gasteiger partial charge in [0, 0.05) is 5.92 Å². The summed E-state index contributed by atoms with van der Waals surface area (Å²) in [6.07, 6.45) is 6.85. The maximum absolute atomic E-state index is 12.1. The summed E-state index contributed by atoms with van der Waals surface area (Å²) >= 11 is 0. The van der Waals surface area contributed by atoms with Crippen molar-refractivity contribution in [2.75, 3.05) is 0 Å². The number of fused-ring (bicyclic) bond motifs is 2. The highest BCUT2D eigenvalue weighted by Gasteiger charge is 2.67. The maximum Gasteiger partial charge on any atom is 0.309 e. The van der Waals surface area contributed by atoms with Crippen LogP contribution in [0.25, 0.3) is 0 Å². The first kappa shape index (κ1) is 18.4. The zero-order valence-electron chi connectivity index (χ0n) is 16.1. The molecule has 0 aromatic rings. The van der Waals surface area contributed by atoms with Crippen LogP contribution in [0.3, 0.4) is 0 Å². The first-order valence-electron chi connectivity index (χ1n) is 9.73. The van der Waals surface area contributed by atoms with Gasteiger partial charge >= 0.3 is 5.97 Å². The average molecular weight is 366 g/mol. The Balaban J connectivity index is 1.76. The third-order valence-electron chi connectivity index (χ3n) is 8.11. The molecule has 26 heavy (non-hydrogen) atoms. The highest BCUT2D eigenvalue weighted by molar-refractivity contribution is 5.75. The zero-order valence-corrected chi connectivity index (χ0v) is 16.1. The Labute approximate surface area is 154 Å². The topological polar surface area (TPSA) is 85.2 Å². The Kier molecular flexibility index (Phi) is 3.92. The molecule has 0 amide bonds. The van der Waals surface area contributed by atoms with Crippen LogP contribution < -0.4 is 0 Å². The second-order valence-corrected chi connectivity index (χ2v) is 9.79. The minimum absolute atomic E-state index is 0.0993. The van der Waals surface area contributed by atoms with Crippen LogP contribution in [0.4, 0.5) is 0 Å². The molecule has 3 aliphatic carbocycles. The minimum atomic E-state index is -0.827. The molecule has 1 spiro atoms.